The first kappa shape index (κ1) is 18.7. The van der Waals surface area contributed by atoms with Crippen molar-refractivity contribution in [3.63, 3.8) is 0 Å². The van der Waals surface area contributed by atoms with E-state index in [1.807, 2.05) is 13.8 Å². The van der Waals surface area contributed by atoms with E-state index in [-0.39, 0.29) is 24.7 Å². The highest BCUT2D eigenvalue weighted by Crippen LogP contribution is 2.33. The highest BCUT2D eigenvalue weighted by atomic mass is 35.5. The Balaban J connectivity index is 1.77. The Morgan fingerprint density at radius 1 is 1.27 bits per heavy atom. The summed E-state index contributed by atoms with van der Waals surface area (Å²) in [5, 5.41) is 3.05. The van der Waals surface area contributed by atoms with E-state index < -0.39 is 17.5 Å². The minimum Gasteiger partial charge on any atom is -0.372 e. The monoisotopic (exact) mass is 379 g/mol. The van der Waals surface area contributed by atoms with Crippen molar-refractivity contribution in [1.29, 1.82) is 0 Å². The van der Waals surface area contributed by atoms with Crippen molar-refractivity contribution in [2.75, 3.05) is 19.6 Å². The predicted molar refractivity (Wildman–Crippen MR) is 95.6 cm³/mol. The Morgan fingerprint density at radius 2 is 1.88 bits per heavy atom. The summed E-state index contributed by atoms with van der Waals surface area (Å²) in [6.45, 7) is 5.95. The second-order valence-electron chi connectivity index (χ2n) is 6.98. The van der Waals surface area contributed by atoms with E-state index in [4.69, 9.17) is 16.3 Å². The zero-order valence-electron chi connectivity index (χ0n) is 15.0. The molecule has 0 saturated carbocycles. The van der Waals surface area contributed by atoms with E-state index in [1.165, 1.54) is 0 Å². The molecule has 3 rings (SSSR count). The average Bonchev–Trinajstić information content (AvgIpc) is 2.78. The summed E-state index contributed by atoms with van der Waals surface area (Å²) in [4.78, 5) is 40.5. The number of nitrogens with zero attached hydrogens (tertiary/aromatic N) is 2. The molecule has 0 aromatic heterocycles. The number of urea groups is 1. The molecule has 4 amide bonds. The number of carbonyl (C=O) groups excluding carboxylic acids is 3. The summed E-state index contributed by atoms with van der Waals surface area (Å²) < 4.78 is 5.61. The molecule has 1 N–H and O–H groups in total. The maximum atomic E-state index is 12.9. The summed E-state index contributed by atoms with van der Waals surface area (Å²) >= 11 is 6.20. The molecule has 1 aromatic carbocycles. The highest BCUT2D eigenvalue weighted by molar-refractivity contribution is 6.32. The van der Waals surface area contributed by atoms with Gasteiger partial charge in [-0.1, -0.05) is 29.8 Å². The second kappa shape index (κ2) is 6.89. The molecule has 2 fully saturated rings. The summed E-state index contributed by atoms with van der Waals surface area (Å²) in [7, 11) is 0. The SMILES string of the molecule is C[C@@H]1CN(C(=O)CN2C(=O)N[C@](C)(c3ccccc3Cl)C2=O)C[C@@H](C)O1. The molecule has 1 aromatic rings. The number of halogens is 1. The van der Waals surface area contributed by atoms with Gasteiger partial charge in [0.05, 0.1) is 12.2 Å². The van der Waals surface area contributed by atoms with Crippen LogP contribution in [0.1, 0.15) is 26.3 Å². The molecule has 3 atom stereocenters. The van der Waals surface area contributed by atoms with Crippen LogP contribution in [0.5, 0.6) is 0 Å². The molecule has 2 aliphatic rings. The van der Waals surface area contributed by atoms with Crippen LogP contribution in [0, 0.1) is 0 Å². The molecule has 0 bridgehead atoms. The van der Waals surface area contributed by atoms with Gasteiger partial charge in [0.1, 0.15) is 12.1 Å². The van der Waals surface area contributed by atoms with Gasteiger partial charge in [-0.3, -0.25) is 14.5 Å². The molecule has 2 heterocycles. The number of carbonyl (C=O) groups is 3. The lowest BCUT2D eigenvalue weighted by atomic mass is 9.92. The maximum absolute atomic E-state index is 12.9. The Morgan fingerprint density at radius 3 is 2.50 bits per heavy atom. The van der Waals surface area contributed by atoms with Gasteiger partial charge in [0.15, 0.2) is 0 Å². The molecule has 7 nitrogen and oxygen atoms in total. The van der Waals surface area contributed by atoms with Crippen molar-refractivity contribution < 1.29 is 19.1 Å². The van der Waals surface area contributed by atoms with Crippen LogP contribution in [-0.4, -0.2) is 59.5 Å². The third-order valence-electron chi connectivity index (χ3n) is 4.75. The number of imide groups is 1. The van der Waals surface area contributed by atoms with Crippen molar-refractivity contribution in [1.82, 2.24) is 15.1 Å². The molecule has 8 heteroatoms. The molecular weight excluding hydrogens is 358 g/mol. The molecule has 140 valence electrons. The number of hydrogen-bond acceptors (Lipinski definition) is 4. The first-order valence-corrected chi connectivity index (χ1v) is 8.92. The zero-order valence-corrected chi connectivity index (χ0v) is 15.7. The zero-order chi connectivity index (χ0) is 19.1. The van der Waals surface area contributed by atoms with Crippen LogP contribution in [0.25, 0.3) is 0 Å². The largest absolute Gasteiger partial charge is 0.372 e. The van der Waals surface area contributed by atoms with E-state index in [1.54, 1.807) is 36.1 Å². The van der Waals surface area contributed by atoms with Gasteiger partial charge in [-0.2, -0.15) is 0 Å². The van der Waals surface area contributed by atoms with Crippen molar-refractivity contribution in [2.45, 2.75) is 38.5 Å². The summed E-state index contributed by atoms with van der Waals surface area (Å²) in [5.74, 6) is -0.766. The fourth-order valence-electron chi connectivity index (χ4n) is 3.51. The lowest BCUT2D eigenvalue weighted by molar-refractivity contribution is -0.146. The Labute approximate surface area is 157 Å². The van der Waals surface area contributed by atoms with Gasteiger partial charge < -0.3 is 15.0 Å². The van der Waals surface area contributed by atoms with Crippen LogP contribution >= 0.6 is 11.6 Å². The average molecular weight is 380 g/mol. The number of ether oxygens (including phenoxy) is 1. The topological polar surface area (TPSA) is 79.0 Å². The predicted octanol–water partition coefficient (Wildman–Crippen LogP) is 1.74. The van der Waals surface area contributed by atoms with Gasteiger partial charge in [-0.25, -0.2) is 4.79 Å². The Bertz CT molecular complexity index is 746. The van der Waals surface area contributed by atoms with E-state index >= 15 is 0 Å². The lowest BCUT2D eigenvalue weighted by Crippen LogP contribution is -2.52. The van der Waals surface area contributed by atoms with Gasteiger partial charge in [-0.05, 0) is 26.8 Å². The fraction of sp³-hybridized carbons (Fsp3) is 0.500. The van der Waals surface area contributed by atoms with Crippen molar-refractivity contribution >= 4 is 29.4 Å². The summed E-state index contributed by atoms with van der Waals surface area (Å²) in [6.07, 6.45) is -0.168. The maximum Gasteiger partial charge on any atom is 0.325 e. The first-order chi connectivity index (χ1) is 12.2. The van der Waals surface area contributed by atoms with Crippen molar-refractivity contribution in [3.05, 3.63) is 34.9 Å². The van der Waals surface area contributed by atoms with Crippen LogP contribution in [0.3, 0.4) is 0 Å². The Kier molecular flexibility index (Phi) is 4.94. The molecule has 0 aliphatic carbocycles. The van der Waals surface area contributed by atoms with Crippen molar-refractivity contribution in [2.24, 2.45) is 0 Å². The molecule has 0 spiro atoms. The van der Waals surface area contributed by atoms with Gasteiger partial charge >= 0.3 is 6.03 Å². The number of nitrogens with one attached hydrogen (secondary N) is 1. The molecule has 0 unspecified atom stereocenters. The number of hydrogen-bond donors (Lipinski definition) is 1. The molecule has 2 aliphatic heterocycles. The van der Waals surface area contributed by atoms with E-state index in [0.717, 1.165) is 4.90 Å². The minimum atomic E-state index is -1.29. The smallest absolute Gasteiger partial charge is 0.325 e. The molecule has 0 radical (unpaired) electrons. The van der Waals surface area contributed by atoms with Crippen LogP contribution in [0.15, 0.2) is 24.3 Å². The molecular formula is C18H22ClN3O4. The quantitative estimate of drug-likeness (QED) is 0.811. The van der Waals surface area contributed by atoms with E-state index in [2.05, 4.69) is 5.32 Å². The highest BCUT2D eigenvalue weighted by Gasteiger charge is 2.50. The van der Waals surface area contributed by atoms with Gasteiger partial charge in [-0.15, -0.1) is 0 Å². The fourth-order valence-corrected chi connectivity index (χ4v) is 3.83. The van der Waals surface area contributed by atoms with Crippen LogP contribution in [-0.2, 0) is 19.9 Å². The van der Waals surface area contributed by atoms with Gasteiger partial charge in [0.2, 0.25) is 5.91 Å². The third-order valence-corrected chi connectivity index (χ3v) is 5.08. The number of amides is 4. The number of morpholine rings is 1. The normalized spacial score (nSPS) is 29.1. The number of benzene rings is 1. The first-order valence-electron chi connectivity index (χ1n) is 8.54. The Hall–Kier alpha value is -2.12. The second-order valence-corrected chi connectivity index (χ2v) is 7.39. The van der Waals surface area contributed by atoms with E-state index in [0.29, 0.717) is 23.7 Å². The lowest BCUT2D eigenvalue weighted by Gasteiger charge is -2.35. The van der Waals surface area contributed by atoms with Crippen LogP contribution < -0.4 is 5.32 Å². The van der Waals surface area contributed by atoms with Gasteiger partial charge in [0, 0.05) is 23.7 Å². The van der Waals surface area contributed by atoms with E-state index in [9.17, 15) is 14.4 Å². The van der Waals surface area contributed by atoms with Crippen molar-refractivity contribution in [3.8, 4) is 0 Å². The third kappa shape index (κ3) is 3.29. The summed E-state index contributed by atoms with van der Waals surface area (Å²) in [6, 6.07) is 6.25. The molecule has 2 saturated heterocycles. The minimum absolute atomic E-state index is 0.0841. The molecule has 26 heavy (non-hydrogen) atoms. The number of rotatable bonds is 3. The van der Waals surface area contributed by atoms with Crippen LogP contribution in [0.2, 0.25) is 5.02 Å². The summed E-state index contributed by atoms with van der Waals surface area (Å²) in [5.41, 5.74) is -0.787. The van der Waals surface area contributed by atoms with Gasteiger partial charge in [0.25, 0.3) is 5.91 Å². The standard InChI is InChI=1S/C18H22ClN3O4/c1-11-8-21(9-12(2)26-11)15(23)10-22-16(24)18(3,20-17(22)25)13-6-4-5-7-14(13)19/h4-7,11-12H,8-10H2,1-3H3,(H,20,25)/t11-,12-,18-/m1/s1. The van der Waals surface area contributed by atoms with Crippen LogP contribution in [0.4, 0.5) is 4.79 Å².